The van der Waals surface area contributed by atoms with Gasteiger partial charge in [-0.05, 0) is 46.5 Å². The molecular formula is C17H20ClFN2O2. The van der Waals surface area contributed by atoms with Crippen LogP contribution in [0.2, 0.25) is 0 Å². The van der Waals surface area contributed by atoms with Crippen LogP contribution >= 0.6 is 12.4 Å². The molecule has 23 heavy (non-hydrogen) atoms. The third kappa shape index (κ3) is 4.00. The second kappa shape index (κ2) is 7.75. The first-order valence-corrected chi connectivity index (χ1v) is 7.32. The zero-order valence-electron chi connectivity index (χ0n) is 12.6. The zero-order valence-corrected chi connectivity index (χ0v) is 13.4. The highest BCUT2D eigenvalue weighted by atomic mass is 35.5. The maximum Gasteiger partial charge on any atom is 0.123 e. The van der Waals surface area contributed by atoms with Crippen molar-refractivity contribution in [2.45, 2.75) is 19.2 Å². The largest absolute Gasteiger partial charge is 0.394 e. The van der Waals surface area contributed by atoms with E-state index in [0.29, 0.717) is 0 Å². The van der Waals surface area contributed by atoms with Gasteiger partial charge in [-0.2, -0.15) is 0 Å². The highest BCUT2D eigenvalue weighted by Crippen LogP contribution is 2.32. The van der Waals surface area contributed by atoms with Gasteiger partial charge in [0, 0.05) is 25.3 Å². The molecule has 1 aliphatic rings. The fourth-order valence-electron chi connectivity index (χ4n) is 2.71. The predicted molar refractivity (Wildman–Crippen MR) is 91.2 cm³/mol. The summed E-state index contributed by atoms with van der Waals surface area (Å²) in [6.07, 6.45) is -0.791. The molecule has 1 atom stereocenters. The second-order valence-electron chi connectivity index (χ2n) is 5.49. The van der Waals surface area contributed by atoms with Crippen molar-refractivity contribution in [3.8, 4) is 11.1 Å². The van der Waals surface area contributed by atoms with Gasteiger partial charge in [0.15, 0.2) is 0 Å². The standard InChI is InChI=1S/C17H19FN2O2.ClH/c18-13-3-1-11(2-4-13)16-6-14(20-8-15(22)10-21)5-12-7-19-9-17(12)16;/h1-6,15,19-22H,7-10H2;1H. The van der Waals surface area contributed by atoms with Crippen molar-refractivity contribution in [3.63, 3.8) is 0 Å². The van der Waals surface area contributed by atoms with Crippen LogP contribution < -0.4 is 10.6 Å². The molecule has 1 aliphatic heterocycles. The van der Waals surface area contributed by atoms with Crippen LogP contribution in [0.25, 0.3) is 11.1 Å². The highest BCUT2D eigenvalue weighted by molar-refractivity contribution is 5.85. The quantitative estimate of drug-likeness (QED) is 0.675. The number of nitrogens with one attached hydrogen (secondary N) is 2. The van der Waals surface area contributed by atoms with E-state index < -0.39 is 6.10 Å². The van der Waals surface area contributed by atoms with Crippen molar-refractivity contribution in [1.82, 2.24) is 5.32 Å². The van der Waals surface area contributed by atoms with Gasteiger partial charge >= 0.3 is 0 Å². The third-order valence-corrected chi connectivity index (χ3v) is 3.87. The summed E-state index contributed by atoms with van der Waals surface area (Å²) in [5.41, 5.74) is 5.33. The maximum atomic E-state index is 13.1. The van der Waals surface area contributed by atoms with Crippen LogP contribution in [0, 0.1) is 5.82 Å². The van der Waals surface area contributed by atoms with Crippen LogP contribution in [0.4, 0.5) is 10.1 Å². The summed E-state index contributed by atoms with van der Waals surface area (Å²) < 4.78 is 13.1. The first-order chi connectivity index (χ1) is 10.7. The van der Waals surface area contributed by atoms with Crippen LogP contribution in [-0.4, -0.2) is 29.5 Å². The molecule has 0 spiro atoms. The van der Waals surface area contributed by atoms with Gasteiger partial charge in [0.1, 0.15) is 5.82 Å². The number of benzene rings is 2. The molecule has 0 aromatic heterocycles. The molecule has 4 N–H and O–H groups in total. The van der Waals surface area contributed by atoms with E-state index >= 15 is 0 Å². The Morgan fingerprint density at radius 1 is 1.17 bits per heavy atom. The Bertz CT molecular complexity index is 664. The van der Waals surface area contributed by atoms with Crippen molar-refractivity contribution in [2.75, 3.05) is 18.5 Å². The summed E-state index contributed by atoms with van der Waals surface area (Å²) in [5.74, 6) is -0.251. The molecule has 0 amide bonds. The van der Waals surface area contributed by atoms with E-state index in [-0.39, 0.29) is 31.4 Å². The number of anilines is 1. The van der Waals surface area contributed by atoms with Crippen LogP contribution in [0.5, 0.6) is 0 Å². The number of hydrogen-bond donors (Lipinski definition) is 4. The van der Waals surface area contributed by atoms with Crippen LogP contribution in [0.15, 0.2) is 36.4 Å². The van der Waals surface area contributed by atoms with Gasteiger partial charge in [-0.3, -0.25) is 0 Å². The Labute approximate surface area is 140 Å². The van der Waals surface area contributed by atoms with Gasteiger partial charge < -0.3 is 20.8 Å². The summed E-state index contributed by atoms with van der Waals surface area (Å²) in [6, 6.07) is 10.5. The van der Waals surface area contributed by atoms with Gasteiger partial charge in [0.25, 0.3) is 0 Å². The van der Waals surface area contributed by atoms with Gasteiger partial charge in [0.05, 0.1) is 12.7 Å². The highest BCUT2D eigenvalue weighted by Gasteiger charge is 2.17. The van der Waals surface area contributed by atoms with Gasteiger partial charge in [-0.25, -0.2) is 4.39 Å². The second-order valence-corrected chi connectivity index (χ2v) is 5.49. The van der Waals surface area contributed by atoms with E-state index in [1.54, 1.807) is 12.1 Å². The first-order valence-electron chi connectivity index (χ1n) is 7.32. The molecule has 3 rings (SSSR count). The molecule has 2 aromatic rings. The summed E-state index contributed by atoms with van der Waals surface area (Å²) in [5, 5.41) is 24.8. The Morgan fingerprint density at radius 3 is 2.61 bits per heavy atom. The topological polar surface area (TPSA) is 64.5 Å². The molecule has 2 aromatic carbocycles. The van der Waals surface area contributed by atoms with E-state index in [1.807, 2.05) is 12.1 Å². The minimum absolute atomic E-state index is 0. The molecule has 0 saturated heterocycles. The molecule has 1 unspecified atom stereocenters. The fraction of sp³-hybridized carbons (Fsp3) is 0.294. The summed E-state index contributed by atoms with van der Waals surface area (Å²) in [7, 11) is 0. The lowest BCUT2D eigenvalue weighted by Crippen LogP contribution is -2.23. The van der Waals surface area contributed by atoms with E-state index in [4.69, 9.17) is 5.11 Å². The number of hydrogen-bond acceptors (Lipinski definition) is 4. The number of aliphatic hydroxyl groups is 2. The van der Waals surface area contributed by atoms with Gasteiger partial charge in [0.2, 0.25) is 0 Å². The van der Waals surface area contributed by atoms with Crippen LogP contribution in [-0.2, 0) is 13.1 Å². The van der Waals surface area contributed by atoms with Crippen LogP contribution in [0.3, 0.4) is 0 Å². The molecular weight excluding hydrogens is 319 g/mol. The van der Waals surface area contributed by atoms with E-state index in [9.17, 15) is 9.50 Å². The van der Waals surface area contributed by atoms with E-state index in [1.165, 1.54) is 23.3 Å². The van der Waals surface area contributed by atoms with E-state index in [0.717, 1.165) is 29.9 Å². The SMILES string of the molecule is Cl.OCC(O)CNc1cc2c(c(-c3ccc(F)cc3)c1)CNC2. The fourth-order valence-corrected chi connectivity index (χ4v) is 2.71. The molecule has 1 heterocycles. The Kier molecular flexibility index (Phi) is 5.96. The number of fused-ring (bicyclic) bond motifs is 1. The molecule has 0 saturated carbocycles. The number of halogens is 2. The number of aliphatic hydroxyl groups excluding tert-OH is 2. The maximum absolute atomic E-state index is 13.1. The van der Waals surface area contributed by atoms with E-state index in [2.05, 4.69) is 10.6 Å². The zero-order chi connectivity index (χ0) is 15.5. The minimum atomic E-state index is -0.791. The normalized spacial score (nSPS) is 14.0. The van der Waals surface area contributed by atoms with Gasteiger partial charge in [-0.15, -0.1) is 12.4 Å². The lowest BCUT2D eigenvalue weighted by molar-refractivity contribution is 0.105. The minimum Gasteiger partial charge on any atom is -0.394 e. The monoisotopic (exact) mass is 338 g/mol. The summed E-state index contributed by atoms with van der Waals surface area (Å²) in [6.45, 7) is 1.60. The summed E-state index contributed by atoms with van der Waals surface area (Å²) in [4.78, 5) is 0. The average molecular weight is 339 g/mol. The molecule has 124 valence electrons. The van der Waals surface area contributed by atoms with Crippen molar-refractivity contribution in [2.24, 2.45) is 0 Å². The Morgan fingerprint density at radius 2 is 1.91 bits per heavy atom. The molecule has 6 heteroatoms. The lowest BCUT2D eigenvalue weighted by atomic mass is 9.96. The Hall–Kier alpha value is -1.66. The van der Waals surface area contributed by atoms with Crippen molar-refractivity contribution >= 4 is 18.1 Å². The molecule has 4 nitrogen and oxygen atoms in total. The van der Waals surface area contributed by atoms with Crippen molar-refractivity contribution in [1.29, 1.82) is 0 Å². The summed E-state index contributed by atoms with van der Waals surface area (Å²) >= 11 is 0. The van der Waals surface area contributed by atoms with Crippen molar-refractivity contribution < 1.29 is 14.6 Å². The molecule has 0 fully saturated rings. The smallest absolute Gasteiger partial charge is 0.123 e. The lowest BCUT2D eigenvalue weighted by Gasteiger charge is -2.15. The number of rotatable bonds is 5. The third-order valence-electron chi connectivity index (χ3n) is 3.87. The molecule has 0 radical (unpaired) electrons. The predicted octanol–water partition coefficient (Wildman–Crippen LogP) is 2.28. The van der Waals surface area contributed by atoms with Crippen LogP contribution in [0.1, 0.15) is 11.1 Å². The first kappa shape index (κ1) is 17.7. The Balaban J connectivity index is 0.00000192. The average Bonchev–Trinajstić information content (AvgIpc) is 3.01. The van der Waals surface area contributed by atoms with Gasteiger partial charge in [-0.1, -0.05) is 12.1 Å². The molecule has 0 aliphatic carbocycles. The van der Waals surface area contributed by atoms with Crippen molar-refractivity contribution in [3.05, 3.63) is 53.3 Å². The molecule has 0 bridgehead atoms.